The van der Waals surface area contributed by atoms with Gasteiger partial charge < -0.3 is 10.2 Å². The lowest BCUT2D eigenvalue weighted by Crippen LogP contribution is -2.12. The van der Waals surface area contributed by atoms with Crippen molar-refractivity contribution in [1.82, 2.24) is 5.48 Å². The molecular weight excluding hydrogens is 158 g/mol. The van der Waals surface area contributed by atoms with E-state index in [9.17, 15) is 4.79 Å². The molecule has 0 saturated heterocycles. The number of amides is 1. The van der Waals surface area contributed by atoms with Crippen molar-refractivity contribution in [1.29, 1.82) is 0 Å². The second-order valence-electron chi connectivity index (χ2n) is 1.28. The number of hydrogen-bond donors (Lipinski definition) is 4. The predicted octanol–water partition coefficient (Wildman–Crippen LogP) is -1.33. The zero-order valence-electron chi connectivity index (χ0n) is 5.57. The van der Waals surface area contributed by atoms with Gasteiger partial charge in [0.05, 0.1) is 0 Å². The fourth-order valence-electron chi connectivity index (χ4n) is 0. The van der Waals surface area contributed by atoms with Crippen LogP contribution in [0.1, 0.15) is 6.92 Å². The molecule has 0 bridgehead atoms. The molecule has 7 heteroatoms. The number of rotatable bonds is 0. The molecule has 0 spiro atoms. The Morgan fingerprint density at radius 2 is 1.27 bits per heavy atom. The smallest absolute Gasteiger partial charge is 0.414 e. The van der Waals surface area contributed by atoms with E-state index in [-0.39, 0.29) is 0 Å². The highest BCUT2D eigenvalue weighted by Gasteiger charge is 2.04. The zero-order chi connectivity index (χ0) is 9.44. The molecule has 0 saturated carbocycles. The molecule has 0 aromatic heterocycles. The third-order valence-corrected chi connectivity index (χ3v) is 0.340. The topological polar surface area (TPSA) is 124 Å². The first kappa shape index (κ1) is 12.1. The molecule has 0 fully saturated rings. The van der Waals surface area contributed by atoms with Crippen molar-refractivity contribution in [2.75, 3.05) is 0 Å². The Labute approximate surface area is 61.2 Å². The quantitative estimate of drug-likeness (QED) is 0.200. The molecule has 0 radical (unpaired) electrons. The number of carbonyl (C=O) groups is 3. The van der Waals surface area contributed by atoms with E-state index in [2.05, 4.69) is 0 Å². The highest BCUT2D eigenvalue weighted by Crippen LogP contribution is 1.56. The van der Waals surface area contributed by atoms with Gasteiger partial charge in [0.2, 0.25) is 5.91 Å². The molecule has 0 atom stereocenters. The summed E-state index contributed by atoms with van der Waals surface area (Å²) in [5.74, 6) is -4.09. The first-order valence-corrected chi connectivity index (χ1v) is 2.28. The fourth-order valence-corrected chi connectivity index (χ4v) is 0. The molecule has 0 aromatic carbocycles. The number of hydrogen-bond acceptors (Lipinski definition) is 4. The molecule has 0 aliphatic rings. The summed E-state index contributed by atoms with van der Waals surface area (Å²) in [6.45, 7) is 1.22. The van der Waals surface area contributed by atoms with Gasteiger partial charge in [-0.3, -0.25) is 10.0 Å². The van der Waals surface area contributed by atoms with Crippen LogP contribution < -0.4 is 5.48 Å². The lowest BCUT2D eigenvalue weighted by atomic mass is 10.7. The molecule has 0 rings (SSSR count). The van der Waals surface area contributed by atoms with Gasteiger partial charge in [0.15, 0.2) is 0 Å². The average Bonchev–Trinajstić information content (AvgIpc) is 1.89. The SMILES string of the molecule is CC(=O)NO.O=C(O)C(=O)O. The Morgan fingerprint density at radius 3 is 1.27 bits per heavy atom. The largest absolute Gasteiger partial charge is 0.473 e. The van der Waals surface area contributed by atoms with Crippen LogP contribution in [0.2, 0.25) is 0 Å². The lowest BCUT2D eigenvalue weighted by Gasteiger charge is -1.78. The lowest BCUT2D eigenvalue weighted by molar-refractivity contribution is -0.159. The summed E-state index contributed by atoms with van der Waals surface area (Å²) >= 11 is 0. The molecule has 4 N–H and O–H groups in total. The normalized spacial score (nSPS) is 7.09. The molecule has 0 unspecified atom stereocenters. The molecule has 0 aromatic rings. The molecule has 11 heavy (non-hydrogen) atoms. The minimum absolute atomic E-state index is 0.440. The third kappa shape index (κ3) is 17.8. The first-order valence-electron chi connectivity index (χ1n) is 2.28. The Morgan fingerprint density at radius 1 is 1.09 bits per heavy atom. The van der Waals surface area contributed by atoms with Crippen LogP contribution in [-0.4, -0.2) is 33.3 Å². The van der Waals surface area contributed by atoms with Gasteiger partial charge in [0, 0.05) is 6.92 Å². The van der Waals surface area contributed by atoms with Gasteiger partial charge in [-0.05, 0) is 0 Å². The van der Waals surface area contributed by atoms with Crippen LogP contribution >= 0.6 is 0 Å². The predicted molar refractivity (Wildman–Crippen MR) is 30.9 cm³/mol. The second kappa shape index (κ2) is 6.49. The van der Waals surface area contributed by atoms with E-state index >= 15 is 0 Å². The van der Waals surface area contributed by atoms with Crippen molar-refractivity contribution in [3.8, 4) is 0 Å². The van der Waals surface area contributed by atoms with E-state index in [1.54, 1.807) is 0 Å². The second-order valence-corrected chi connectivity index (χ2v) is 1.28. The number of carboxylic acids is 2. The van der Waals surface area contributed by atoms with E-state index in [1.807, 2.05) is 0 Å². The van der Waals surface area contributed by atoms with E-state index < -0.39 is 17.8 Å². The van der Waals surface area contributed by atoms with E-state index in [4.69, 9.17) is 25.0 Å². The molecule has 0 aliphatic carbocycles. The number of aliphatic carboxylic acids is 2. The maximum Gasteiger partial charge on any atom is 0.414 e. The van der Waals surface area contributed by atoms with Crippen molar-refractivity contribution in [2.45, 2.75) is 6.92 Å². The number of hydroxylamine groups is 1. The van der Waals surface area contributed by atoms with Gasteiger partial charge in [-0.1, -0.05) is 0 Å². The molecule has 0 aliphatic heterocycles. The van der Waals surface area contributed by atoms with Gasteiger partial charge >= 0.3 is 11.9 Å². The number of nitrogens with one attached hydrogen (secondary N) is 1. The summed E-state index contributed by atoms with van der Waals surface area (Å²) in [6, 6.07) is 0. The minimum Gasteiger partial charge on any atom is -0.473 e. The Hall–Kier alpha value is -1.63. The maximum absolute atomic E-state index is 9.45. The zero-order valence-corrected chi connectivity index (χ0v) is 5.57. The van der Waals surface area contributed by atoms with E-state index in [1.165, 1.54) is 12.4 Å². The van der Waals surface area contributed by atoms with E-state index in [0.717, 1.165) is 0 Å². The summed E-state index contributed by atoms with van der Waals surface area (Å²) in [6.07, 6.45) is 0. The van der Waals surface area contributed by atoms with Gasteiger partial charge in [-0.15, -0.1) is 0 Å². The van der Waals surface area contributed by atoms with Gasteiger partial charge in [0.1, 0.15) is 0 Å². The Balaban J connectivity index is 0. The van der Waals surface area contributed by atoms with Crippen molar-refractivity contribution in [2.24, 2.45) is 0 Å². The number of carbonyl (C=O) groups excluding carboxylic acids is 1. The third-order valence-electron chi connectivity index (χ3n) is 0.340. The van der Waals surface area contributed by atoms with Crippen molar-refractivity contribution in [3.05, 3.63) is 0 Å². The summed E-state index contributed by atoms with van der Waals surface area (Å²) in [4.78, 5) is 27.7. The van der Waals surface area contributed by atoms with Crippen LogP contribution in [0.3, 0.4) is 0 Å². The Kier molecular flexibility index (Phi) is 7.13. The van der Waals surface area contributed by atoms with Gasteiger partial charge in [-0.2, -0.15) is 0 Å². The van der Waals surface area contributed by atoms with Crippen LogP contribution in [0.25, 0.3) is 0 Å². The van der Waals surface area contributed by atoms with Crippen LogP contribution in [-0.2, 0) is 14.4 Å². The summed E-state index contributed by atoms with van der Waals surface area (Å²) in [7, 11) is 0. The highest BCUT2D eigenvalue weighted by atomic mass is 16.5. The molecule has 64 valence electrons. The van der Waals surface area contributed by atoms with Crippen molar-refractivity contribution >= 4 is 17.8 Å². The van der Waals surface area contributed by atoms with Crippen molar-refractivity contribution in [3.63, 3.8) is 0 Å². The van der Waals surface area contributed by atoms with Crippen molar-refractivity contribution < 1.29 is 29.8 Å². The summed E-state index contributed by atoms with van der Waals surface area (Å²) < 4.78 is 0. The highest BCUT2D eigenvalue weighted by molar-refractivity contribution is 6.27. The average molecular weight is 165 g/mol. The molecule has 0 heterocycles. The first-order chi connectivity index (χ1) is 4.91. The van der Waals surface area contributed by atoms with E-state index in [0.29, 0.717) is 0 Å². The molecule has 7 nitrogen and oxygen atoms in total. The standard InChI is InChI=1S/C2H5NO2.C2H2O4/c1-2(4)3-5;3-1(4)2(5)6/h5H,1H3,(H,3,4);(H,3,4)(H,5,6). The van der Waals surface area contributed by atoms with Crippen LogP contribution in [0.4, 0.5) is 0 Å². The maximum atomic E-state index is 9.45. The van der Waals surface area contributed by atoms with Gasteiger partial charge in [-0.25, -0.2) is 15.1 Å². The van der Waals surface area contributed by atoms with Crippen LogP contribution in [0.15, 0.2) is 0 Å². The van der Waals surface area contributed by atoms with Gasteiger partial charge in [0.25, 0.3) is 0 Å². The van der Waals surface area contributed by atoms with Crippen LogP contribution in [0.5, 0.6) is 0 Å². The molecule has 1 amide bonds. The number of carboxylic acid groups (broad SMARTS) is 2. The Bertz CT molecular complexity index is 152. The summed E-state index contributed by atoms with van der Waals surface area (Å²) in [5.41, 5.74) is 1.39. The monoisotopic (exact) mass is 165 g/mol. The summed E-state index contributed by atoms with van der Waals surface area (Å²) in [5, 5.41) is 22.3. The van der Waals surface area contributed by atoms with Crippen LogP contribution in [0, 0.1) is 0 Å². The fraction of sp³-hybridized carbons (Fsp3) is 0.250. The molecular formula is C4H7NO6. The minimum atomic E-state index is -1.82.